The van der Waals surface area contributed by atoms with Crippen LogP contribution in [0.5, 0.6) is 0 Å². The van der Waals surface area contributed by atoms with E-state index in [2.05, 4.69) is 5.32 Å². The van der Waals surface area contributed by atoms with Crippen molar-refractivity contribution in [2.45, 2.75) is 18.8 Å². The molecule has 2 aromatic carbocycles. The maximum absolute atomic E-state index is 12.9. The number of urea groups is 1. The Hall–Kier alpha value is -2.82. The summed E-state index contributed by atoms with van der Waals surface area (Å²) in [4.78, 5) is 29.0. The molecule has 0 unspecified atom stereocenters. The van der Waals surface area contributed by atoms with Gasteiger partial charge in [-0.1, -0.05) is 35.9 Å². The summed E-state index contributed by atoms with van der Waals surface area (Å²) in [5, 5.41) is 2.93. The second kappa shape index (κ2) is 5.62. The Bertz CT molecular complexity index is 846. The van der Waals surface area contributed by atoms with E-state index in [9.17, 15) is 9.59 Å². The van der Waals surface area contributed by atoms with E-state index in [1.54, 1.807) is 9.80 Å². The zero-order chi connectivity index (χ0) is 17.6. The average molecular weight is 335 g/mol. The summed E-state index contributed by atoms with van der Waals surface area (Å²) in [6.07, 6.45) is 0.661. The topological polar surface area (TPSA) is 52.7 Å². The molecule has 4 rings (SSSR count). The summed E-state index contributed by atoms with van der Waals surface area (Å²) in [5.41, 5.74) is 3.30. The fourth-order valence-electron chi connectivity index (χ4n) is 3.93. The molecule has 128 valence electrons. The predicted octanol–water partition coefficient (Wildman–Crippen LogP) is 3.15. The van der Waals surface area contributed by atoms with Crippen LogP contribution in [0.3, 0.4) is 0 Å². The maximum Gasteiger partial charge on any atom is 0.321 e. The molecule has 0 saturated carbocycles. The number of nitrogens with one attached hydrogen (secondary N) is 1. The van der Waals surface area contributed by atoms with Gasteiger partial charge < -0.3 is 15.1 Å². The van der Waals surface area contributed by atoms with Crippen molar-refractivity contribution in [2.24, 2.45) is 0 Å². The van der Waals surface area contributed by atoms with Gasteiger partial charge in [0.05, 0.1) is 5.41 Å². The van der Waals surface area contributed by atoms with Crippen molar-refractivity contribution in [1.29, 1.82) is 0 Å². The van der Waals surface area contributed by atoms with Crippen LogP contribution in [0.1, 0.15) is 17.5 Å². The molecule has 2 aliphatic rings. The molecule has 1 spiro atoms. The number of anilines is 2. The van der Waals surface area contributed by atoms with Gasteiger partial charge in [0.15, 0.2) is 0 Å². The molecule has 1 saturated heterocycles. The van der Waals surface area contributed by atoms with Gasteiger partial charge in [-0.25, -0.2) is 4.79 Å². The first-order valence-electron chi connectivity index (χ1n) is 8.51. The van der Waals surface area contributed by atoms with Gasteiger partial charge >= 0.3 is 6.03 Å². The molecule has 0 aliphatic carbocycles. The Kier molecular flexibility index (Phi) is 3.53. The van der Waals surface area contributed by atoms with E-state index >= 15 is 0 Å². The van der Waals surface area contributed by atoms with Crippen LogP contribution >= 0.6 is 0 Å². The Morgan fingerprint density at radius 2 is 1.84 bits per heavy atom. The summed E-state index contributed by atoms with van der Waals surface area (Å²) in [6.45, 7) is 3.01. The summed E-state index contributed by atoms with van der Waals surface area (Å²) in [7, 11) is 1.81. The molecule has 0 radical (unpaired) electrons. The number of hydrogen-bond donors (Lipinski definition) is 1. The Morgan fingerprint density at radius 1 is 1.12 bits per heavy atom. The van der Waals surface area contributed by atoms with Crippen molar-refractivity contribution in [1.82, 2.24) is 4.90 Å². The van der Waals surface area contributed by atoms with Gasteiger partial charge in [-0.05, 0) is 37.1 Å². The van der Waals surface area contributed by atoms with Gasteiger partial charge in [0, 0.05) is 31.5 Å². The molecular weight excluding hydrogens is 314 g/mol. The van der Waals surface area contributed by atoms with E-state index < -0.39 is 5.41 Å². The lowest BCUT2D eigenvalue weighted by atomic mass is 9.81. The number of hydrogen-bond acceptors (Lipinski definition) is 2. The molecule has 2 aliphatic heterocycles. The highest BCUT2D eigenvalue weighted by atomic mass is 16.2. The summed E-state index contributed by atoms with van der Waals surface area (Å²) in [6, 6.07) is 15.4. The molecule has 1 N–H and O–H groups in total. The van der Waals surface area contributed by atoms with Crippen LogP contribution in [0.15, 0.2) is 48.5 Å². The molecule has 2 heterocycles. The van der Waals surface area contributed by atoms with Crippen molar-refractivity contribution in [3.05, 3.63) is 59.7 Å². The maximum atomic E-state index is 12.9. The molecule has 0 bridgehead atoms. The molecule has 1 fully saturated rings. The molecule has 1 atom stereocenters. The summed E-state index contributed by atoms with van der Waals surface area (Å²) >= 11 is 0. The summed E-state index contributed by atoms with van der Waals surface area (Å²) in [5.74, 6) is 0.0827. The van der Waals surface area contributed by atoms with E-state index in [1.165, 1.54) is 0 Å². The number of aryl methyl sites for hydroxylation is 1. The number of likely N-dealkylation sites (tertiary alicyclic amines) is 1. The van der Waals surface area contributed by atoms with Gasteiger partial charge in [-0.3, -0.25) is 4.79 Å². The Morgan fingerprint density at radius 3 is 2.60 bits per heavy atom. The quantitative estimate of drug-likeness (QED) is 0.870. The van der Waals surface area contributed by atoms with Crippen molar-refractivity contribution >= 4 is 23.3 Å². The second-order valence-electron chi connectivity index (χ2n) is 6.93. The number of carbonyl (C=O) groups is 2. The van der Waals surface area contributed by atoms with E-state index in [0.29, 0.717) is 19.5 Å². The van der Waals surface area contributed by atoms with Crippen LogP contribution in [0.25, 0.3) is 0 Å². The standard InChI is InChI=1S/C20H21N3O2/c1-14-7-9-15(10-8-14)21-19(25)23-12-11-20(13-23)16-5-3-4-6-17(16)22(2)18(20)24/h3-10H,11-13H2,1-2H3,(H,21,25)/t20-/m0/s1. The fraction of sp³-hybridized carbons (Fsp3) is 0.300. The normalized spacial score (nSPS) is 21.8. The number of benzene rings is 2. The number of likely N-dealkylation sites (N-methyl/N-ethyl adjacent to an activating group) is 1. The zero-order valence-corrected chi connectivity index (χ0v) is 14.5. The monoisotopic (exact) mass is 335 g/mol. The number of nitrogens with zero attached hydrogens (tertiary/aromatic N) is 2. The number of amides is 3. The van der Waals surface area contributed by atoms with Gasteiger partial charge in [-0.15, -0.1) is 0 Å². The highest BCUT2D eigenvalue weighted by molar-refractivity contribution is 6.08. The van der Waals surface area contributed by atoms with Crippen molar-refractivity contribution in [3.63, 3.8) is 0 Å². The second-order valence-corrected chi connectivity index (χ2v) is 6.93. The predicted molar refractivity (Wildman–Crippen MR) is 97.9 cm³/mol. The molecule has 5 heteroatoms. The van der Waals surface area contributed by atoms with Gasteiger partial charge in [0.1, 0.15) is 0 Å². The van der Waals surface area contributed by atoms with Crippen LogP contribution in [0, 0.1) is 6.92 Å². The first-order chi connectivity index (χ1) is 12.0. The summed E-state index contributed by atoms with van der Waals surface area (Å²) < 4.78 is 0. The van der Waals surface area contributed by atoms with Gasteiger partial charge in [0.2, 0.25) is 5.91 Å². The molecule has 25 heavy (non-hydrogen) atoms. The highest BCUT2D eigenvalue weighted by Crippen LogP contribution is 2.46. The lowest BCUT2D eigenvalue weighted by molar-refractivity contribution is -0.122. The fourth-order valence-corrected chi connectivity index (χ4v) is 3.93. The average Bonchev–Trinajstić information content (AvgIpc) is 3.16. The smallest absolute Gasteiger partial charge is 0.321 e. The molecule has 5 nitrogen and oxygen atoms in total. The lowest BCUT2D eigenvalue weighted by Gasteiger charge is -2.23. The molecule has 3 amide bonds. The van der Waals surface area contributed by atoms with Crippen molar-refractivity contribution < 1.29 is 9.59 Å². The van der Waals surface area contributed by atoms with Gasteiger partial charge in [-0.2, -0.15) is 0 Å². The first-order valence-corrected chi connectivity index (χ1v) is 8.51. The van der Waals surface area contributed by atoms with E-state index in [-0.39, 0.29) is 11.9 Å². The third-order valence-corrected chi connectivity index (χ3v) is 5.35. The minimum Gasteiger partial charge on any atom is -0.323 e. The van der Waals surface area contributed by atoms with Crippen LogP contribution in [-0.4, -0.2) is 37.0 Å². The van der Waals surface area contributed by atoms with Gasteiger partial charge in [0.25, 0.3) is 0 Å². The number of carbonyl (C=O) groups excluding carboxylic acids is 2. The minimum atomic E-state index is -0.601. The highest BCUT2D eigenvalue weighted by Gasteiger charge is 2.54. The number of para-hydroxylation sites is 1. The van der Waals surface area contributed by atoms with Crippen LogP contribution in [-0.2, 0) is 10.2 Å². The largest absolute Gasteiger partial charge is 0.323 e. The van der Waals surface area contributed by atoms with Crippen LogP contribution < -0.4 is 10.2 Å². The van der Waals surface area contributed by atoms with Crippen LogP contribution in [0.4, 0.5) is 16.2 Å². The molecule has 2 aromatic rings. The van der Waals surface area contributed by atoms with Crippen molar-refractivity contribution in [2.75, 3.05) is 30.4 Å². The van der Waals surface area contributed by atoms with E-state index in [1.807, 2.05) is 62.5 Å². The SMILES string of the molecule is Cc1ccc(NC(=O)N2CC[C@@]3(C2)C(=O)N(C)c2ccccc23)cc1. The Balaban J connectivity index is 1.56. The van der Waals surface area contributed by atoms with Crippen LogP contribution in [0.2, 0.25) is 0 Å². The third kappa shape index (κ3) is 2.38. The first kappa shape index (κ1) is 15.7. The molecule has 0 aromatic heterocycles. The number of fused-ring (bicyclic) bond motifs is 2. The van der Waals surface area contributed by atoms with E-state index in [0.717, 1.165) is 22.5 Å². The molecular formula is C20H21N3O2. The zero-order valence-electron chi connectivity index (χ0n) is 14.5. The van der Waals surface area contributed by atoms with Crippen molar-refractivity contribution in [3.8, 4) is 0 Å². The minimum absolute atomic E-state index is 0.0827. The Labute approximate surface area is 147 Å². The number of rotatable bonds is 1. The van der Waals surface area contributed by atoms with E-state index in [4.69, 9.17) is 0 Å². The lowest BCUT2D eigenvalue weighted by Crippen LogP contribution is -2.42. The third-order valence-electron chi connectivity index (χ3n) is 5.35.